The highest BCUT2D eigenvalue weighted by Gasteiger charge is 2.16. The molecule has 0 spiro atoms. The zero-order chi connectivity index (χ0) is 13.8. The molecule has 19 heavy (non-hydrogen) atoms. The Morgan fingerprint density at radius 1 is 1.37 bits per heavy atom. The van der Waals surface area contributed by atoms with Gasteiger partial charge in [-0.2, -0.15) is 5.10 Å². The van der Waals surface area contributed by atoms with Gasteiger partial charge >= 0.3 is 0 Å². The van der Waals surface area contributed by atoms with E-state index in [4.69, 9.17) is 0 Å². The van der Waals surface area contributed by atoms with Gasteiger partial charge < -0.3 is 5.11 Å². The summed E-state index contributed by atoms with van der Waals surface area (Å²) in [6.45, 7) is 5.08. The molecule has 2 rings (SSSR count). The molecule has 0 aliphatic rings. The summed E-state index contributed by atoms with van der Waals surface area (Å²) in [5.74, 6) is 0.0944. The number of hydrogen-bond donors (Lipinski definition) is 1. The zero-order valence-corrected chi connectivity index (χ0v) is 12.9. The molecule has 0 fully saturated rings. The predicted octanol–water partition coefficient (Wildman–Crippen LogP) is 3.29. The summed E-state index contributed by atoms with van der Waals surface area (Å²) in [4.78, 5) is 0. The first-order valence-electron chi connectivity index (χ1n) is 6.54. The second-order valence-electron chi connectivity index (χ2n) is 4.70. The molecule has 0 saturated carbocycles. The second-order valence-corrected chi connectivity index (χ2v) is 5.55. The first kappa shape index (κ1) is 14.3. The van der Waals surface area contributed by atoms with E-state index in [1.54, 1.807) is 0 Å². The lowest BCUT2D eigenvalue weighted by Crippen LogP contribution is -2.12. The monoisotopic (exact) mass is 322 g/mol. The maximum Gasteiger partial charge on any atom is 0.0596 e. The van der Waals surface area contributed by atoms with Crippen molar-refractivity contribution in [3.63, 3.8) is 0 Å². The van der Waals surface area contributed by atoms with E-state index in [0.29, 0.717) is 0 Å². The van der Waals surface area contributed by atoms with Crippen LogP contribution in [0.4, 0.5) is 0 Å². The van der Waals surface area contributed by atoms with Crippen LogP contribution in [0.1, 0.15) is 29.8 Å². The number of aliphatic hydroxyl groups is 1. The minimum absolute atomic E-state index is 0.0944. The van der Waals surface area contributed by atoms with Crippen LogP contribution in [-0.2, 0) is 13.0 Å². The number of nitrogens with zero attached hydrogens (tertiary/aromatic N) is 2. The smallest absolute Gasteiger partial charge is 0.0596 e. The van der Waals surface area contributed by atoms with Crippen LogP contribution in [0.25, 0.3) is 0 Å². The van der Waals surface area contributed by atoms with Gasteiger partial charge in [0.1, 0.15) is 0 Å². The molecule has 4 heteroatoms. The van der Waals surface area contributed by atoms with E-state index in [2.05, 4.69) is 40.1 Å². The molecule has 1 atom stereocenters. The Morgan fingerprint density at radius 2 is 2.11 bits per heavy atom. The van der Waals surface area contributed by atoms with E-state index >= 15 is 0 Å². The van der Waals surface area contributed by atoms with Gasteiger partial charge in [0, 0.05) is 22.6 Å². The van der Waals surface area contributed by atoms with Crippen LogP contribution in [0.5, 0.6) is 0 Å². The molecule has 1 aromatic heterocycles. The van der Waals surface area contributed by atoms with Gasteiger partial charge in [-0.1, -0.05) is 34.1 Å². The van der Waals surface area contributed by atoms with Crippen molar-refractivity contribution < 1.29 is 5.11 Å². The van der Waals surface area contributed by atoms with Crippen LogP contribution in [0.3, 0.4) is 0 Å². The molecular formula is C15H19BrN2O. The normalized spacial score (nSPS) is 12.6. The van der Waals surface area contributed by atoms with Crippen molar-refractivity contribution in [1.29, 1.82) is 0 Å². The van der Waals surface area contributed by atoms with Gasteiger partial charge in [-0.05, 0) is 38.0 Å². The third kappa shape index (κ3) is 3.25. The maximum atomic E-state index is 9.69. The largest absolute Gasteiger partial charge is 0.396 e. The Morgan fingerprint density at radius 3 is 2.74 bits per heavy atom. The summed E-state index contributed by atoms with van der Waals surface area (Å²) in [5.41, 5.74) is 3.35. The van der Waals surface area contributed by atoms with Gasteiger partial charge in [0.15, 0.2) is 0 Å². The van der Waals surface area contributed by atoms with Crippen molar-refractivity contribution in [2.24, 2.45) is 0 Å². The number of aryl methyl sites for hydroxylation is 2. The first-order chi connectivity index (χ1) is 9.15. The lowest BCUT2D eigenvalue weighted by atomic mass is 9.95. The molecule has 102 valence electrons. The number of halogens is 1. The Labute approximate surface area is 122 Å². The van der Waals surface area contributed by atoms with E-state index in [-0.39, 0.29) is 12.5 Å². The molecule has 1 N–H and O–H groups in total. The fourth-order valence-corrected chi connectivity index (χ4v) is 2.98. The second kappa shape index (κ2) is 6.35. The minimum atomic E-state index is 0.0944. The van der Waals surface area contributed by atoms with Crippen LogP contribution in [-0.4, -0.2) is 21.5 Å². The maximum absolute atomic E-state index is 9.69. The van der Waals surface area contributed by atoms with Gasteiger partial charge in [-0.25, -0.2) is 0 Å². The number of benzene rings is 1. The van der Waals surface area contributed by atoms with Crippen LogP contribution < -0.4 is 0 Å². The van der Waals surface area contributed by atoms with Crippen molar-refractivity contribution in [2.45, 2.75) is 32.7 Å². The molecule has 0 aliphatic heterocycles. The SMILES string of the molecule is CCn1nc(C)cc1CC(CO)c1ccccc1Br. The molecule has 1 unspecified atom stereocenters. The fraction of sp³-hybridized carbons (Fsp3) is 0.400. The number of aliphatic hydroxyl groups excluding tert-OH is 1. The van der Waals surface area contributed by atoms with Crippen LogP contribution in [0, 0.1) is 6.92 Å². The zero-order valence-electron chi connectivity index (χ0n) is 11.3. The number of rotatable bonds is 5. The van der Waals surface area contributed by atoms with Gasteiger partial charge in [0.25, 0.3) is 0 Å². The highest BCUT2D eigenvalue weighted by atomic mass is 79.9. The molecule has 0 saturated heterocycles. The topological polar surface area (TPSA) is 38.0 Å². The quantitative estimate of drug-likeness (QED) is 0.917. The summed E-state index contributed by atoms with van der Waals surface area (Å²) < 4.78 is 3.06. The molecule has 0 bridgehead atoms. The van der Waals surface area contributed by atoms with Gasteiger partial charge in [-0.15, -0.1) is 0 Å². The Hall–Kier alpha value is -1.13. The van der Waals surface area contributed by atoms with Gasteiger partial charge in [-0.3, -0.25) is 4.68 Å². The molecule has 3 nitrogen and oxygen atoms in total. The van der Waals surface area contributed by atoms with E-state index in [0.717, 1.165) is 28.7 Å². The van der Waals surface area contributed by atoms with Crippen molar-refractivity contribution in [1.82, 2.24) is 9.78 Å². The van der Waals surface area contributed by atoms with Crippen molar-refractivity contribution in [3.8, 4) is 0 Å². The van der Waals surface area contributed by atoms with E-state index in [1.165, 1.54) is 5.69 Å². The molecule has 0 aliphatic carbocycles. The lowest BCUT2D eigenvalue weighted by Gasteiger charge is -2.16. The standard InChI is InChI=1S/C15H19BrN2O/c1-3-18-13(8-11(2)17-18)9-12(10-19)14-6-4-5-7-15(14)16/h4-8,12,19H,3,9-10H2,1-2H3. The van der Waals surface area contributed by atoms with Crippen molar-refractivity contribution >= 4 is 15.9 Å². The number of hydrogen-bond acceptors (Lipinski definition) is 2. The molecule has 1 heterocycles. The highest BCUT2D eigenvalue weighted by molar-refractivity contribution is 9.10. The summed E-state index contributed by atoms with van der Waals surface area (Å²) in [6.07, 6.45) is 0.799. The number of aromatic nitrogens is 2. The molecular weight excluding hydrogens is 304 g/mol. The van der Waals surface area contributed by atoms with Crippen LogP contribution in [0.15, 0.2) is 34.8 Å². The molecule has 1 aromatic carbocycles. The molecule has 2 aromatic rings. The Balaban J connectivity index is 2.26. The molecule has 0 amide bonds. The third-order valence-electron chi connectivity index (χ3n) is 3.31. The summed E-state index contributed by atoms with van der Waals surface area (Å²) >= 11 is 3.56. The molecule has 0 radical (unpaired) electrons. The minimum Gasteiger partial charge on any atom is -0.396 e. The fourth-order valence-electron chi connectivity index (χ4n) is 2.37. The first-order valence-corrected chi connectivity index (χ1v) is 7.33. The van der Waals surface area contributed by atoms with Crippen LogP contribution >= 0.6 is 15.9 Å². The summed E-state index contributed by atoms with van der Waals surface area (Å²) in [5, 5.41) is 14.1. The summed E-state index contributed by atoms with van der Waals surface area (Å²) in [6, 6.07) is 10.2. The summed E-state index contributed by atoms with van der Waals surface area (Å²) in [7, 11) is 0. The van der Waals surface area contributed by atoms with E-state index < -0.39 is 0 Å². The third-order valence-corrected chi connectivity index (χ3v) is 4.03. The van der Waals surface area contributed by atoms with Crippen molar-refractivity contribution in [3.05, 3.63) is 51.8 Å². The lowest BCUT2D eigenvalue weighted by molar-refractivity contribution is 0.262. The average molecular weight is 323 g/mol. The van der Waals surface area contributed by atoms with E-state index in [1.807, 2.05) is 29.8 Å². The average Bonchev–Trinajstić information content (AvgIpc) is 2.77. The van der Waals surface area contributed by atoms with Crippen LogP contribution in [0.2, 0.25) is 0 Å². The van der Waals surface area contributed by atoms with Gasteiger partial charge in [0.05, 0.1) is 12.3 Å². The van der Waals surface area contributed by atoms with E-state index in [9.17, 15) is 5.11 Å². The highest BCUT2D eigenvalue weighted by Crippen LogP contribution is 2.27. The van der Waals surface area contributed by atoms with Gasteiger partial charge in [0.2, 0.25) is 0 Å². The van der Waals surface area contributed by atoms with Crippen molar-refractivity contribution in [2.75, 3.05) is 6.61 Å². The predicted molar refractivity (Wildman–Crippen MR) is 80.3 cm³/mol. The Kier molecular flexibility index (Phi) is 4.77. The Bertz CT molecular complexity index is 551.